The summed E-state index contributed by atoms with van der Waals surface area (Å²) in [6.45, 7) is 2.02. The average molecular weight is 304 g/mol. The van der Waals surface area contributed by atoms with Gasteiger partial charge in [0.1, 0.15) is 0 Å². The maximum atomic E-state index is 12.7. The number of nitrogens with zero attached hydrogens (tertiary/aromatic N) is 1. The third-order valence-corrected chi connectivity index (χ3v) is 6.65. The molecule has 118 valence electrons. The number of hydrogen-bond acceptors (Lipinski definition) is 4. The zero-order chi connectivity index (χ0) is 14.4. The smallest absolute Gasteiger partial charge is 0.214 e. The molecule has 2 aliphatic rings. The number of rotatable bonds is 6. The summed E-state index contributed by atoms with van der Waals surface area (Å²) in [5.74, 6) is 0.525. The van der Waals surface area contributed by atoms with Crippen LogP contribution in [0.2, 0.25) is 0 Å². The fourth-order valence-electron chi connectivity index (χ4n) is 3.46. The molecule has 0 unspecified atom stereocenters. The van der Waals surface area contributed by atoms with E-state index in [2.05, 4.69) is 5.32 Å². The van der Waals surface area contributed by atoms with Gasteiger partial charge >= 0.3 is 0 Å². The molecule has 1 saturated heterocycles. The Labute approximate surface area is 122 Å². The fourth-order valence-corrected chi connectivity index (χ4v) is 5.60. The number of sulfonamides is 1. The van der Waals surface area contributed by atoms with Crippen LogP contribution < -0.4 is 5.32 Å². The Hall–Kier alpha value is -0.170. The van der Waals surface area contributed by atoms with Crippen molar-refractivity contribution in [2.24, 2.45) is 5.92 Å². The first kappa shape index (κ1) is 16.2. The van der Waals surface area contributed by atoms with E-state index in [1.54, 1.807) is 4.31 Å². The molecular weight excluding hydrogens is 276 g/mol. The molecule has 1 saturated carbocycles. The Morgan fingerprint density at radius 3 is 2.30 bits per heavy atom. The van der Waals surface area contributed by atoms with Crippen LogP contribution in [0, 0.1) is 5.92 Å². The van der Waals surface area contributed by atoms with Crippen LogP contribution >= 0.6 is 0 Å². The first-order valence-electron chi connectivity index (χ1n) is 7.94. The van der Waals surface area contributed by atoms with Gasteiger partial charge in [-0.15, -0.1) is 0 Å². The maximum Gasteiger partial charge on any atom is 0.214 e. The van der Waals surface area contributed by atoms with Gasteiger partial charge in [-0.3, -0.25) is 0 Å². The van der Waals surface area contributed by atoms with Gasteiger partial charge in [0.2, 0.25) is 10.0 Å². The quantitative estimate of drug-likeness (QED) is 0.766. The molecular formula is C14H28N2O3S. The standard InChI is InChI=1S/C14H28N2O3S/c17-11-10-16(14-4-2-1-3-5-14)20(18,19)12-13-6-8-15-9-7-13/h13-15,17H,1-12H2. The van der Waals surface area contributed by atoms with Crippen molar-refractivity contribution in [2.45, 2.75) is 51.0 Å². The molecule has 0 spiro atoms. The molecule has 6 heteroatoms. The molecule has 0 atom stereocenters. The Morgan fingerprint density at radius 2 is 1.70 bits per heavy atom. The van der Waals surface area contributed by atoms with E-state index in [-0.39, 0.29) is 30.9 Å². The maximum absolute atomic E-state index is 12.7. The summed E-state index contributed by atoms with van der Waals surface area (Å²) < 4.78 is 27.0. The van der Waals surface area contributed by atoms with Crippen LogP contribution in [0.5, 0.6) is 0 Å². The highest BCUT2D eigenvalue weighted by Gasteiger charge is 2.32. The second-order valence-corrected chi connectivity index (χ2v) is 8.06. The van der Waals surface area contributed by atoms with Crippen LogP contribution in [-0.4, -0.2) is 55.9 Å². The largest absolute Gasteiger partial charge is 0.395 e. The minimum atomic E-state index is -3.24. The molecule has 0 amide bonds. The summed E-state index contributed by atoms with van der Waals surface area (Å²) in [5, 5.41) is 12.5. The van der Waals surface area contributed by atoms with Gasteiger partial charge < -0.3 is 10.4 Å². The van der Waals surface area contributed by atoms with Crippen molar-refractivity contribution >= 4 is 10.0 Å². The zero-order valence-corrected chi connectivity index (χ0v) is 13.1. The van der Waals surface area contributed by atoms with Gasteiger partial charge in [0.25, 0.3) is 0 Å². The Kier molecular flexibility index (Phi) is 6.26. The van der Waals surface area contributed by atoms with Gasteiger partial charge in [-0.25, -0.2) is 8.42 Å². The normalized spacial score (nSPS) is 23.3. The third kappa shape index (κ3) is 4.41. The van der Waals surface area contributed by atoms with Crippen LogP contribution in [0.3, 0.4) is 0 Å². The van der Waals surface area contributed by atoms with Gasteiger partial charge in [-0.2, -0.15) is 4.31 Å². The van der Waals surface area contributed by atoms with E-state index in [1.807, 2.05) is 0 Å². The molecule has 0 radical (unpaired) electrons. The SMILES string of the molecule is O=S(=O)(CC1CCNCC1)N(CCO)C1CCCCC1. The van der Waals surface area contributed by atoms with Crippen molar-refractivity contribution < 1.29 is 13.5 Å². The molecule has 0 aromatic rings. The number of aliphatic hydroxyl groups is 1. The highest BCUT2D eigenvalue weighted by Crippen LogP contribution is 2.26. The molecule has 0 bridgehead atoms. The summed E-state index contributed by atoms with van der Waals surface area (Å²) >= 11 is 0. The lowest BCUT2D eigenvalue weighted by atomic mass is 9.95. The van der Waals surface area contributed by atoms with E-state index in [4.69, 9.17) is 0 Å². The average Bonchev–Trinajstić information content (AvgIpc) is 2.46. The summed E-state index contributed by atoms with van der Waals surface area (Å²) in [5.41, 5.74) is 0. The second kappa shape index (κ2) is 7.73. The molecule has 2 fully saturated rings. The number of aliphatic hydroxyl groups excluding tert-OH is 1. The third-order valence-electron chi connectivity index (χ3n) is 4.56. The highest BCUT2D eigenvalue weighted by molar-refractivity contribution is 7.89. The predicted octanol–water partition coefficient (Wildman–Crippen LogP) is 0.943. The minimum Gasteiger partial charge on any atom is -0.395 e. The Balaban J connectivity index is 2.01. The lowest BCUT2D eigenvalue weighted by Gasteiger charge is -2.34. The van der Waals surface area contributed by atoms with Crippen molar-refractivity contribution in [3.8, 4) is 0 Å². The van der Waals surface area contributed by atoms with Crippen LogP contribution in [0.1, 0.15) is 44.9 Å². The molecule has 1 aliphatic carbocycles. The van der Waals surface area contributed by atoms with E-state index in [0.29, 0.717) is 0 Å². The van der Waals surface area contributed by atoms with Gasteiger partial charge in [-0.1, -0.05) is 19.3 Å². The Morgan fingerprint density at radius 1 is 1.05 bits per heavy atom. The molecule has 20 heavy (non-hydrogen) atoms. The number of hydrogen-bond donors (Lipinski definition) is 2. The van der Waals surface area contributed by atoms with Crippen LogP contribution in [-0.2, 0) is 10.0 Å². The monoisotopic (exact) mass is 304 g/mol. The first-order chi connectivity index (χ1) is 9.63. The van der Waals surface area contributed by atoms with Crippen molar-refractivity contribution in [1.29, 1.82) is 0 Å². The Bertz CT molecular complexity index is 374. The van der Waals surface area contributed by atoms with E-state index in [9.17, 15) is 13.5 Å². The molecule has 1 heterocycles. The van der Waals surface area contributed by atoms with Crippen molar-refractivity contribution in [3.63, 3.8) is 0 Å². The zero-order valence-electron chi connectivity index (χ0n) is 12.3. The van der Waals surface area contributed by atoms with Crippen LogP contribution in [0.15, 0.2) is 0 Å². The van der Waals surface area contributed by atoms with Crippen molar-refractivity contribution in [3.05, 3.63) is 0 Å². The minimum absolute atomic E-state index is 0.0814. The number of piperidine rings is 1. The van der Waals surface area contributed by atoms with Crippen LogP contribution in [0.25, 0.3) is 0 Å². The van der Waals surface area contributed by atoms with Crippen molar-refractivity contribution in [2.75, 3.05) is 32.0 Å². The molecule has 2 rings (SSSR count). The van der Waals surface area contributed by atoms with E-state index in [1.165, 1.54) is 6.42 Å². The molecule has 1 aliphatic heterocycles. The predicted molar refractivity (Wildman–Crippen MR) is 80.0 cm³/mol. The highest BCUT2D eigenvalue weighted by atomic mass is 32.2. The molecule has 0 aromatic carbocycles. The summed E-state index contributed by atoms with van der Waals surface area (Å²) in [6.07, 6.45) is 7.20. The topological polar surface area (TPSA) is 69.6 Å². The van der Waals surface area contributed by atoms with Gasteiger partial charge in [0.15, 0.2) is 0 Å². The van der Waals surface area contributed by atoms with E-state index >= 15 is 0 Å². The van der Waals surface area contributed by atoms with Gasteiger partial charge in [-0.05, 0) is 44.7 Å². The first-order valence-corrected chi connectivity index (χ1v) is 9.55. The molecule has 5 nitrogen and oxygen atoms in total. The number of nitrogens with one attached hydrogen (secondary N) is 1. The lowest BCUT2D eigenvalue weighted by molar-refractivity contribution is 0.198. The van der Waals surface area contributed by atoms with Crippen molar-refractivity contribution in [1.82, 2.24) is 9.62 Å². The summed E-state index contributed by atoms with van der Waals surface area (Å²) in [7, 11) is -3.24. The fraction of sp³-hybridized carbons (Fsp3) is 1.00. The van der Waals surface area contributed by atoms with E-state index < -0.39 is 10.0 Å². The lowest BCUT2D eigenvalue weighted by Crippen LogP contribution is -2.46. The second-order valence-electron chi connectivity index (χ2n) is 6.10. The summed E-state index contributed by atoms with van der Waals surface area (Å²) in [6, 6.07) is 0.114. The van der Waals surface area contributed by atoms with E-state index in [0.717, 1.165) is 51.6 Å². The van der Waals surface area contributed by atoms with Gasteiger partial charge in [0, 0.05) is 12.6 Å². The van der Waals surface area contributed by atoms with Crippen LogP contribution in [0.4, 0.5) is 0 Å². The molecule has 2 N–H and O–H groups in total. The van der Waals surface area contributed by atoms with Gasteiger partial charge in [0.05, 0.1) is 12.4 Å². The molecule has 0 aromatic heterocycles. The summed E-state index contributed by atoms with van der Waals surface area (Å²) in [4.78, 5) is 0.